The van der Waals surface area contributed by atoms with Crippen molar-refractivity contribution >= 4 is 0 Å². The number of nitrogens with zero attached hydrogens (tertiary/aromatic N) is 1. The van der Waals surface area contributed by atoms with E-state index >= 15 is 0 Å². The number of hydrogen-bond acceptors (Lipinski definition) is 2. The van der Waals surface area contributed by atoms with E-state index in [1.165, 1.54) is 17.0 Å². The highest BCUT2D eigenvalue weighted by molar-refractivity contribution is 5.26. The van der Waals surface area contributed by atoms with Crippen molar-refractivity contribution in [2.24, 2.45) is 13.0 Å². The van der Waals surface area contributed by atoms with Crippen LogP contribution in [0.15, 0.2) is 6.07 Å². The predicted molar refractivity (Wildman–Crippen MR) is 70.1 cm³/mol. The first-order chi connectivity index (χ1) is 8.09. The molecule has 2 rings (SSSR count). The molecule has 0 amide bonds. The van der Waals surface area contributed by atoms with Crippen molar-refractivity contribution in [3.63, 3.8) is 0 Å². The minimum atomic E-state index is 0.601. The number of rotatable bonds is 3. The van der Waals surface area contributed by atoms with E-state index in [4.69, 9.17) is 4.74 Å². The van der Waals surface area contributed by atoms with Crippen molar-refractivity contribution in [1.82, 2.24) is 9.88 Å². The summed E-state index contributed by atoms with van der Waals surface area (Å²) in [6, 6.07) is 2.88. The van der Waals surface area contributed by atoms with E-state index in [0.29, 0.717) is 12.0 Å². The van der Waals surface area contributed by atoms with Gasteiger partial charge in [0.15, 0.2) is 0 Å². The van der Waals surface area contributed by atoms with Crippen LogP contribution in [0.3, 0.4) is 0 Å². The molecule has 0 radical (unpaired) electrons. The lowest BCUT2D eigenvalue weighted by atomic mass is 9.97. The van der Waals surface area contributed by atoms with E-state index in [9.17, 15) is 0 Å². The Morgan fingerprint density at radius 3 is 2.82 bits per heavy atom. The lowest BCUT2D eigenvalue weighted by Gasteiger charge is -2.29. The first-order valence-electron chi connectivity index (χ1n) is 6.52. The van der Waals surface area contributed by atoms with Crippen LogP contribution in [-0.2, 0) is 18.3 Å². The van der Waals surface area contributed by atoms with Gasteiger partial charge >= 0.3 is 0 Å². The largest absolute Gasteiger partial charge is 0.381 e. The fourth-order valence-electron chi connectivity index (χ4n) is 2.54. The average molecular weight is 236 g/mol. The van der Waals surface area contributed by atoms with Gasteiger partial charge in [-0.1, -0.05) is 6.92 Å². The van der Waals surface area contributed by atoms with E-state index in [1.54, 1.807) is 0 Å². The first-order valence-corrected chi connectivity index (χ1v) is 6.52. The van der Waals surface area contributed by atoms with Gasteiger partial charge in [-0.05, 0) is 37.8 Å². The number of nitrogens with one attached hydrogen (secondary N) is 1. The van der Waals surface area contributed by atoms with Crippen LogP contribution in [0.25, 0.3) is 0 Å². The second-order valence-electron chi connectivity index (χ2n) is 5.28. The Balaban J connectivity index is 1.95. The zero-order chi connectivity index (χ0) is 12.4. The Bertz CT molecular complexity index is 384. The van der Waals surface area contributed by atoms with Crippen molar-refractivity contribution in [1.29, 1.82) is 0 Å². The van der Waals surface area contributed by atoms with Crippen LogP contribution in [0, 0.1) is 19.8 Å². The molecule has 96 valence electrons. The van der Waals surface area contributed by atoms with Crippen LogP contribution < -0.4 is 5.32 Å². The summed E-state index contributed by atoms with van der Waals surface area (Å²) in [5.41, 5.74) is 4.12. The molecule has 2 unspecified atom stereocenters. The third-order valence-corrected chi connectivity index (χ3v) is 4.08. The fraction of sp³-hybridized carbons (Fsp3) is 0.714. The van der Waals surface area contributed by atoms with Gasteiger partial charge in [-0.15, -0.1) is 0 Å². The van der Waals surface area contributed by atoms with Gasteiger partial charge in [-0.2, -0.15) is 0 Å². The van der Waals surface area contributed by atoms with E-state index < -0.39 is 0 Å². The molecule has 0 spiro atoms. The Morgan fingerprint density at radius 1 is 1.47 bits per heavy atom. The molecule has 17 heavy (non-hydrogen) atoms. The molecular formula is C14H24N2O. The molecule has 0 bridgehead atoms. The van der Waals surface area contributed by atoms with Crippen LogP contribution >= 0.6 is 0 Å². The van der Waals surface area contributed by atoms with Gasteiger partial charge < -0.3 is 14.6 Å². The molecule has 1 aliphatic rings. The summed E-state index contributed by atoms with van der Waals surface area (Å²) in [6.07, 6.45) is 1.13. The first kappa shape index (κ1) is 12.7. The molecule has 0 aliphatic carbocycles. The van der Waals surface area contributed by atoms with E-state index in [2.05, 4.69) is 43.8 Å². The summed E-state index contributed by atoms with van der Waals surface area (Å²) >= 11 is 0. The molecule has 1 aliphatic heterocycles. The van der Waals surface area contributed by atoms with Gasteiger partial charge in [0.1, 0.15) is 0 Å². The van der Waals surface area contributed by atoms with E-state index in [-0.39, 0.29) is 0 Å². The minimum Gasteiger partial charge on any atom is -0.381 e. The van der Waals surface area contributed by atoms with Crippen molar-refractivity contribution in [2.75, 3.05) is 13.2 Å². The zero-order valence-corrected chi connectivity index (χ0v) is 11.4. The third-order valence-electron chi connectivity index (χ3n) is 4.08. The smallest absolute Gasteiger partial charge is 0.0506 e. The highest BCUT2D eigenvalue weighted by atomic mass is 16.5. The molecule has 1 N–H and O–H groups in total. The summed E-state index contributed by atoms with van der Waals surface area (Å²) in [5, 5.41) is 3.68. The quantitative estimate of drug-likeness (QED) is 0.870. The monoisotopic (exact) mass is 236 g/mol. The maximum absolute atomic E-state index is 5.47. The zero-order valence-electron chi connectivity index (χ0n) is 11.4. The summed E-state index contributed by atoms with van der Waals surface area (Å²) < 4.78 is 7.72. The van der Waals surface area contributed by atoms with Crippen molar-refractivity contribution in [3.05, 3.63) is 23.0 Å². The van der Waals surface area contributed by atoms with Crippen LogP contribution in [0.1, 0.15) is 30.3 Å². The number of aryl methyl sites for hydroxylation is 1. The van der Waals surface area contributed by atoms with Crippen LogP contribution in [0.4, 0.5) is 0 Å². The van der Waals surface area contributed by atoms with Gasteiger partial charge in [-0.25, -0.2) is 0 Å². The van der Waals surface area contributed by atoms with Crippen molar-refractivity contribution in [3.8, 4) is 0 Å². The average Bonchev–Trinajstić information content (AvgIpc) is 2.56. The maximum Gasteiger partial charge on any atom is 0.0506 e. The molecule has 1 aromatic heterocycles. The molecule has 3 heteroatoms. The summed E-state index contributed by atoms with van der Waals surface area (Å²) in [6.45, 7) is 9.38. The lowest BCUT2D eigenvalue weighted by molar-refractivity contribution is 0.0386. The van der Waals surface area contributed by atoms with Gasteiger partial charge in [0, 0.05) is 37.6 Å². The Hall–Kier alpha value is -0.800. The van der Waals surface area contributed by atoms with Gasteiger partial charge in [-0.3, -0.25) is 0 Å². The molecule has 0 saturated carbocycles. The third kappa shape index (κ3) is 2.72. The minimum absolute atomic E-state index is 0.601. The molecule has 3 nitrogen and oxygen atoms in total. The molecule has 2 atom stereocenters. The summed E-state index contributed by atoms with van der Waals surface area (Å²) in [5.74, 6) is 0.619. The van der Waals surface area contributed by atoms with Crippen LogP contribution in [0.5, 0.6) is 0 Å². The summed E-state index contributed by atoms with van der Waals surface area (Å²) in [4.78, 5) is 0. The molecular weight excluding hydrogens is 212 g/mol. The molecule has 1 fully saturated rings. The van der Waals surface area contributed by atoms with E-state index in [1.807, 2.05) is 0 Å². The topological polar surface area (TPSA) is 26.2 Å². The highest BCUT2D eigenvalue weighted by Crippen LogP contribution is 2.17. The fourth-order valence-corrected chi connectivity index (χ4v) is 2.54. The Labute approximate surface area is 104 Å². The van der Waals surface area contributed by atoms with Gasteiger partial charge in [0.2, 0.25) is 0 Å². The molecule has 1 aromatic rings. The molecule has 0 aromatic carbocycles. The number of ether oxygens (including phenoxy) is 1. The molecule has 2 heterocycles. The number of hydrogen-bond donors (Lipinski definition) is 1. The standard InChI is InChI=1S/C14H24N2O/c1-10-9-17-6-5-14(10)15-8-13-7-11(2)16(4)12(13)3/h7,10,14-15H,5-6,8-9H2,1-4H3. The second-order valence-corrected chi connectivity index (χ2v) is 5.28. The van der Waals surface area contributed by atoms with Crippen LogP contribution in [-0.4, -0.2) is 23.8 Å². The Kier molecular flexibility index (Phi) is 3.89. The molecule has 1 saturated heterocycles. The van der Waals surface area contributed by atoms with Crippen molar-refractivity contribution < 1.29 is 4.74 Å². The van der Waals surface area contributed by atoms with Gasteiger partial charge in [0.25, 0.3) is 0 Å². The predicted octanol–water partition coefficient (Wildman–Crippen LogP) is 2.16. The summed E-state index contributed by atoms with van der Waals surface area (Å²) in [7, 11) is 2.13. The van der Waals surface area contributed by atoms with Crippen molar-refractivity contribution in [2.45, 2.75) is 39.8 Å². The lowest BCUT2D eigenvalue weighted by Crippen LogP contribution is -2.41. The highest BCUT2D eigenvalue weighted by Gasteiger charge is 2.21. The second kappa shape index (κ2) is 5.23. The Morgan fingerprint density at radius 2 is 2.24 bits per heavy atom. The van der Waals surface area contributed by atoms with Crippen LogP contribution in [0.2, 0.25) is 0 Å². The van der Waals surface area contributed by atoms with Gasteiger partial charge in [0.05, 0.1) is 6.61 Å². The van der Waals surface area contributed by atoms with E-state index in [0.717, 1.165) is 26.2 Å². The normalized spacial score (nSPS) is 25.2. The maximum atomic E-state index is 5.47. The SMILES string of the molecule is Cc1cc(CNC2CCOCC2C)c(C)n1C. The number of aromatic nitrogens is 1.